The zero-order chi connectivity index (χ0) is 28.2. The maximum atomic E-state index is 13.1. The topological polar surface area (TPSA) is 142 Å². The average Bonchev–Trinajstić information content (AvgIpc) is 2.89. The Morgan fingerprint density at radius 1 is 0.949 bits per heavy atom. The van der Waals surface area contributed by atoms with E-state index in [2.05, 4.69) is 20.0 Å². The summed E-state index contributed by atoms with van der Waals surface area (Å²) in [5.74, 6) is -0.448. The first-order valence-corrected chi connectivity index (χ1v) is 13.8. The van der Waals surface area contributed by atoms with Gasteiger partial charge in [-0.2, -0.15) is 0 Å². The number of hydrogen-bond acceptors (Lipinski definition) is 8. The summed E-state index contributed by atoms with van der Waals surface area (Å²) >= 11 is 5.90. The fraction of sp³-hybridized carbons (Fsp3) is 0.185. The lowest BCUT2D eigenvalue weighted by atomic mass is 10.1. The quantitative estimate of drug-likeness (QED) is 0.254. The third-order valence-electron chi connectivity index (χ3n) is 5.80. The lowest BCUT2D eigenvalue weighted by Crippen LogP contribution is -2.32. The highest BCUT2D eigenvalue weighted by molar-refractivity contribution is 7.92. The predicted molar refractivity (Wildman–Crippen MR) is 151 cm³/mol. The molecule has 1 unspecified atom stereocenters. The minimum absolute atomic E-state index is 0.00488. The molecule has 0 aliphatic carbocycles. The van der Waals surface area contributed by atoms with Gasteiger partial charge >= 0.3 is 0 Å². The molecule has 10 nitrogen and oxygen atoms in total. The van der Waals surface area contributed by atoms with Crippen molar-refractivity contribution < 1.29 is 23.1 Å². The second-order valence-electron chi connectivity index (χ2n) is 8.70. The Kier molecular flexibility index (Phi) is 8.44. The van der Waals surface area contributed by atoms with Gasteiger partial charge in [-0.1, -0.05) is 23.7 Å². The third kappa shape index (κ3) is 6.88. The van der Waals surface area contributed by atoms with Crippen LogP contribution in [0.1, 0.15) is 20.3 Å². The second-order valence-corrected chi connectivity index (χ2v) is 10.8. The van der Waals surface area contributed by atoms with Gasteiger partial charge < -0.3 is 15.3 Å². The normalized spacial score (nSPS) is 12.1. The molecule has 1 atom stereocenters. The predicted octanol–water partition coefficient (Wildman–Crippen LogP) is 4.52. The van der Waals surface area contributed by atoms with Crippen LogP contribution in [-0.2, 0) is 19.6 Å². The molecule has 202 valence electrons. The molecule has 12 heteroatoms. The molecule has 1 aromatic heterocycles. The Balaban J connectivity index is 1.62. The van der Waals surface area contributed by atoms with Crippen LogP contribution in [0, 0.1) is 0 Å². The van der Waals surface area contributed by atoms with E-state index in [9.17, 15) is 23.1 Å². The van der Waals surface area contributed by atoms with Crippen LogP contribution in [0.15, 0.2) is 77.7 Å². The van der Waals surface area contributed by atoms with Gasteiger partial charge in [0, 0.05) is 36.3 Å². The molecule has 0 fully saturated rings. The number of hydrogen-bond donors (Lipinski definition) is 3. The highest BCUT2D eigenvalue weighted by Crippen LogP contribution is 2.28. The van der Waals surface area contributed by atoms with Crippen molar-refractivity contribution in [3.05, 3.63) is 77.8 Å². The smallest absolute Gasteiger partial charge is 0.263 e. The lowest BCUT2D eigenvalue weighted by Gasteiger charge is -2.21. The van der Waals surface area contributed by atoms with Crippen LogP contribution in [0.3, 0.4) is 0 Å². The molecule has 0 aliphatic heterocycles. The highest BCUT2D eigenvalue weighted by Gasteiger charge is 2.20. The molecular weight excluding hydrogens is 542 g/mol. The van der Waals surface area contributed by atoms with Crippen molar-refractivity contribution in [3.8, 4) is 0 Å². The van der Waals surface area contributed by atoms with Crippen LogP contribution in [0.2, 0.25) is 5.02 Å². The van der Waals surface area contributed by atoms with Gasteiger partial charge in [0.15, 0.2) is 17.4 Å². The van der Waals surface area contributed by atoms with Crippen molar-refractivity contribution in [2.24, 2.45) is 0 Å². The van der Waals surface area contributed by atoms with E-state index >= 15 is 0 Å². The fourth-order valence-electron chi connectivity index (χ4n) is 3.72. The number of nitrogens with zero attached hydrogens (tertiary/aromatic N) is 3. The van der Waals surface area contributed by atoms with Crippen LogP contribution in [0.4, 0.5) is 23.0 Å². The van der Waals surface area contributed by atoms with Crippen LogP contribution in [0.25, 0.3) is 11.0 Å². The molecule has 0 saturated heterocycles. The Morgan fingerprint density at radius 3 is 2.10 bits per heavy atom. The van der Waals surface area contributed by atoms with E-state index in [-0.39, 0.29) is 41.2 Å². The molecule has 4 rings (SSSR count). The molecule has 0 spiro atoms. The molecule has 3 aromatic carbocycles. The van der Waals surface area contributed by atoms with Crippen LogP contribution in [-0.4, -0.2) is 47.8 Å². The average molecular weight is 568 g/mol. The van der Waals surface area contributed by atoms with Crippen molar-refractivity contribution in [1.29, 1.82) is 0 Å². The molecule has 3 N–H and O–H groups in total. The molecule has 0 radical (unpaired) electrons. The van der Waals surface area contributed by atoms with Gasteiger partial charge in [0.1, 0.15) is 6.10 Å². The third-order valence-corrected chi connectivity index (χ3v) is 7.40. The largest absolute Gasteiger partial charge is 0.386 e. The summed E-state index contributed by atoms with van der Waals surface area (Å²) in [6.07, 6.45) is -1.08. The van der Waals surface area contributed by atoms with Crippen molar-refractivity contribution in [2.45, 2.75) is 31.3 Å². The van der Waals surface area contributed by atoms with E-state index in [0.29, 0.717) is 27.4 Å². The van der Waals surface area contributed by atoms with Crippen LogP contribution in [0.5, 0.6) is 0 Å². The first-order valence-electron chi connectivity index (χ1n) is 11.9. The molecule has 0 saturated carbocycles. The first kappa shape index (κ1) is 28.0. The summed E-state index contributed by atoms with van der Waals surface area (Å²) < 4.78 is 28.6. The number of halogens is 1. The number of fused-ring (bicyclic) bond motifs is 1. The summed E-state index contributed by atoms with van der Waals surface area (Å²) in [6, 6.07) is 19.5. The monoisotopic (exact) mass is 567 g/mol. The van der Waals surface area contributed by atoms with Crippen LogP contribution < -0.4 is 14.9 Å². The number of anilines is 4. The molecule has 0 bridgehead atoms. The van der Waals surface area contributed by atoms with E-state index < -0.39 is 16.1 Å². The van der Waals surface area contributed by atoms with Gasteiger partial charge in [0.05, 0.1) is 15.9 Å². The van der Waals surface area contributed by atoms with Crippen molar-refractivity contribution >= 4 is 67.4 Å². The Hall–Kier alpha value is -4.06. The van der Waals surface area contributed by atoms with Gasteiger partial charge in [-0.05, 0) is 67.6 Å². The number of nitrogens with one attached hydrogen (secondary N) is 2. The number of sulfonamides is 1. The van der Waals surface area contributed by atoms with E-state index in [1.54, 1.807) is 48.5 Å². The van der Waals surface area contributed by atoms with Crippen molar-refractivity contribution in [3.63, 3.8) is 0 Å². The summed E-state index contributed by atoms with van der Waals surface area (Å²) in [5, 5.41) is 12.9. The summed E-state index contributed by atoms with van der Waals surface area (Å²) in [5.41, 5.74) is 2.16. The molecular formula is C27H26ClN5O5S. The molecule has 39 heavy (non-hydrogen) atoms. The molecule has 4 aromatic rings. The summed E-state index contributed by atoms with van der Waals surface area (Å²) in [7, 11) is -4.00. The number of aromatic nitrogens is 2. The number of ketones is 1. The van der Waals surface area contributed by atoms with E-state index in [1.165, 1.54) is 43.0 Å². The number of para-hydroxylation sites is 2. The summed E-state index contributed by atoms with van der Waals surface area (Å²) in [4.78, 5) is 34.5. The van der Waals surface area contributed by atoms with Gasteiger partial charge in [0.2, 0.25) is 5.91 Å². The van der Waals surface area contributed by atoms with Crippen molar-refractivity contribution in [2.75, 3.05) is 21.5 Å². The van der Waals surface area contributed by atoms with Crippen LogP contribution >= 0.6 is 11.6 Å². The lowest BCUT2D eigenvalue weighted by molar-refractivity contribution is -0.126. The SMILES string of the molecule is CC(=O)N(CCC(=O)C(C)O)c1ccc(Nc2nc3ccccc3nc2NS(=O)(=O)c2ccc(Cl)cc2)cc1. The number of aliphatic hydroxyl groups excluding tert-OH is 1. The van der Waals surface area contributed by atoms with Gasteiger partial charge in [0.25, 0.3) is 10.0 Å². The number of benzene rings is 3. The van der Waals surface area contributed by atoms with Gasteiger partial charge in [-0.15, -0.1) is 0 Å². The van der Waals surface area contributed by atoms with E-state index in [1.807, 2.05) is 0 Å². The Morgan fingerprint density at radius 2 is 1.54 bits per heavy atom. The summed E-state index contributed by atoms with van der Waals surface area (Å²) in [6.45, 7) is 2.90. The Labute approximate surface area is 230 Å². The van der Waals surface area contributed by atoms with E-state index in [4.69, 9.17) is 11.6 Å². The zero-order valence-corrected chi connectivity index (χ0v) is 22.7. The number of aliphatic hydroxyl groups is 1. The second kappa shape index (κ2) is 11.8. The Bertz CT molecular complexity index is 1610. The van der Waals surface area contributed by atoms with E-state index in [0.717, 1.165) is 0 Å². The maximum Gasteiger partial charge on any atom is 0.263 e. The van der Waals surface area contributed by atoms with Crippen molar-refractivity contribution in [1.82, 2.24) is 9.97 Å². The standard InChI is InChI=1S/C27H26ClN5O5S/c1-17(34)25(36)15-16-33(18(2)35)21-11-9-20(10-12-21)29-26-27(31-24-6-4-3-5-23(24)30-26)32-39(37,38)22-13-7-19(28)8-14-22/h3-14,17,34H,15-16H2,1-2H3,(H,29,30)(H,31,32). The first-order chi connectivity index (χ1) is 18.5. The van der Waals surface area contributed by atoms with Gasteiger partial charge in [-0.3, -0.25) is 14.3 Å². The fourth-order valence-corrected chi connectivity index (χ4v) is 4.85. The highest BCUT2D eigenvalue weighted by atomic mass is 35.5. The number of Topliss-reactive ketones (excluding diaryl/α,β-unsaturated/α-hetero) is 1. The maximum absolute atomic E-state index is 13.1. The number of amides is 1. The number of carbonyl (C=O) groups excluding carboxylic acids is 2. The molecule has 0 aliphatic rings. The minimum atomic E-state index is -4.00. The number of carbonyl (C=O) groups is 2. The minimum Gasteiger partial charge on any atom is -0.386 e. The van der Waals surface area contributed by atoms with Gasteiger partial charge in [-0.25, -0.2) is 18.4 Å². The number of rotatable bonds is 10. The zero-order valence-electron chi connectivity index (χ0n) is 21.1. The molecule has 1 amide bonds. The molecule has 1 heterocycles.